The van der Waals surface area contributed by atoms with Gasteiger partial charge < -0.3 is 15.1 Å². The predicted molar refractivity (Wildman–Crippen MR) is 89.3 cm³/mol. The molecule has 0 atom stereocenters. The number of piperidine rings is 1. The fourth-order valence-electron chi connectivity index (χ4n) is 3.38. The quantitative estimate of drug-likeness (QED) is 0.657. The Bertz CT molecular complexity index is 241. The standard InChI is InChI=1S/C17H37N3/c1-6-11-18-14-17(7-2,8-3)15-20-12-9-16(10-13-20)19(4)5/h16,18H,6-15H2,1-5H3. The van der Waals surface area contributed by atoms with Crippen LogP contribution in [0.3, 0.4) is 0 Å². The smallest absolute Gasteiger partial charge is 0.0113 e. The molecule has 0 aliphatic carbocycles. The SMILES string of the molecule is CCCNCC(CC)(CC)CN1CCC(N(C)C)CC1. The zero-order valence-corrected chi connectivity index (χ0v) is 14.5. The van der Waals surface area contributed by atoms with Crippen LogP contribution >= 0.6 is 0 Å². The zero-order valence-electron chi connectivity index (χ0n) is 14.5. The summed E-state index contributed by atoms with van der Waals surface area (Å²) in [6.45, 7) is 13.1. The van der Waals surface area contributed by atoms with Crippen LogP contribution in [0.2, 0.25) is 0 Å². The molecule has 1 N–H and O–H groups in total. The van der Waals surface area contributed by atoms with Crippen molar-refractivity contribution in [3.8, 4) is 0 Å². The first kappa shape index (κ1) is 17.9. The second-order valence-corrected chi connectivity index (χ2v) is 6.85. The molecule has 0 saturated carbocycles. The van der Waals surface area contributed by atoms with Gasteiger partial charge in [-0.25, -0.2) is 0 Å². The van der Waals surface area contributed by atoms with E-state index in [0.717, 1.165) is 12.6 Å². The number of nitrogens with zero attached hydrogens (tertiary/aromatic N) is 2. The Kier molecular flexibility index (Phi) is 8.08. The Hall–Kier alpha value is -0.120. The van der Waals surface area contributed by atoms with Crippen LogP contribution in [0.15, 0.2) is 0 Å². The summed E-state index contributed by atoms with van der Waals surface area (Å²) < 4.78 is 0. The molecular weight excluding hydrogens is 246 g/mol. The molecular formula is C17H37N3. The number of hydrogen-bond donors (Lipinski definition) is 1. The van der Waals surface area contributed by atoms with Gasteiger partial charge in [-0.2, -0.15) is 0 Å². The van der Waals surface area contributed by atoms with E-state index in [4.69, 9.17) is 0 Å². The molecule has 3 heteroatoms. The fraction of sp³-hybridized carbons (Fsp3) is 1.00. The Labute approximate surface area is 127 Å². The van der Waals surface area contributed by atoms with E-state index in [-0.39, 0.29) is 0 Å². The number of likely N-dealkylation sites (tertiary alicyclic amines) is 1. The topological polar surface area (TPSA) is 18.5 Å². The van der Waals surface area contributed by atoms with Crippen molar-refractivity contribution < 1.29 is 0 Å². The van der Waals surface area contributed by atoms with Gasteiger partial charge in [-0.15, -0.1) is 0 Å². The van der Waals surface area contributed by atoms with Crippen molar-refractivity contribution in [3.63, 3.8) is 0 Å². The highest BCUT2D eigenvalue weighted by atomic mass is 15.2. The molecule has 0 unspecified atom stereocenters. The van der Waals surface area contributed by atoms with Crippen LogP contribution in [0.25, 0.3) is 0 Å². The van der Waals surface area contributed by atoms with E-state index in [1.54, 1.807) is 0 Å². The van der Waals surface area contributed by atoms with Crippen LogP contribution in [0.1, 0.15) is 52.9 Å². The second kappa shape index (κ2) is 9.01. The lowest BCUT2D eigenvalue weighted by atomic mass is 9.81. The Balaban J connectivity index is 2.45. The van der Waals surface area contributed by atoms with Gasteiger partial charge >= 0.3 is 0 Å². The van der Waals surface area contributed by atoms with Gasteiger partial charge in [0.15, 0.2) is 0 Å². The fourth-order valence-corrected chi connectivity index (χ4v) is 3.38. The highest BCUT2D eigenvalue weighted by Crippen LogP contribution is 2.28. The van der Waals surface area contributed by atoms with Crippen molar-refractivity contribution in [1.29, 1.82) is 0 Å². The third-order valence-electron chi connectivity index (χ3n) is 5.27. The minimum Gasteiger partial charge on any atom is -0.316 e. The molecule has 3 nitrogen and oxygen atoms in total. The molecule has 1 aliphatic heterocycles. The molecule has 1 rings (SSSR count). The number of hydrogen-bond acceptors (Lipinski definition) is 3. The summed E-state index contributed by atoms with van der Waals surface area (Å²) in [6.07, 6.45) is 6.47. The third-order valence-corrected chi connectivity index (χ3v) is 5.27. The molecule has 0 aromatic rings. The van der Waals surface area contributed by atoms with Crippen LogP contribution in [0.4, 0.5) is 0 Å². The van der Waals surface area contributed by atoms with Crippen molar-refractivity contribution in [2.45, 2.75) is 58.9 Å². The van der Waals surface area contributed by atoms with Gasteiger partial charge in [0, 0.05) is 19.1 Å². The summed E-state index contributed by atoms with van der Waals surface area (Å²) in [5.41, 5.74) is 0.472. The van der Waals surface area contributed by atoms with E-state index in [1.165, 1.54) is 58.3 Å². The largest absolute Gasteiger partial charge is 0.316 e. The first-order valence-corrected chi connectivity index (χ1v) is 8.66. The molecule has 1 heterocycles. The molecule has 120 valence electrons. The van der Waals surface area contributed by atoms with Crippen molar-refractivity contribution >= 4 is 0 Å². The summed E-state index contributed by atoms with van der Waals surface area (Å²) >= 11 is 0. The Morgan fingerprint density at radius 1 is 1.10 bits per heavy atom. The van der Waals surface area contributed by atoms with Crippen LogP contribution in [-0.4, -0.2) is 62.7 Å². The monoisotopic (exact) mass is 283 g/mol. The first-order chi connectivity index (χ1) is 9.56. The summed E-state index contributed by atoms with van der Waals surface area (Å²) in [5.74, 6) is 0. The number of rotatable bonds is 9. The summed E-state index contributed by atoms with van der Waals surface area (Å²) in [4.78, 5) is 5.10. The van der Waals surface area contributed by atoms with E-state index in [0.29, 0.717) is 5.41 Å². The van der Waals surface area contributed by atoms with E-state index in [2.05, 4.69) is 50.0 Å². The summed E-state index contributed by atoms with van der Waals surface area (Å²) in [6, 6.07) is 0.794. The molecule has 20 heavy (non-hydrogen) atoms. The van der Waals surface area contributed by atoms with Crippen LogP contribution in [0, 0.1) is 5.41 Å². The first-order valence-electron chi connectivity index (χ1n) is 8.66. The average Bonchev–Trinajstić information content (AvgIpc) is 2.47. The van der Waals surface area contributed by atoms with Gasteiger partial charge in [-0.1, -0.05) is 20.8 Å². The zero-order chi connectivity index (χ0) is 15.0. The highest BCUT2D eigenvalue weighted by molar-refractivity contribution is 4.86. The van der Waals surface area contributed by atoms with E-state index in [9.17, 15) is 0 Å². The van der Waals surface area contributed by atoms with E-state index >= 15 is 0 Å². The van der Waals surface area contributed by atoms with Gasteiger partial charge in [0.1, 0.15) is 0 Å². The Morgan fingerprint density at radius 3 is 2.15 bits per heavy atom. The normalized spacial score (nSPS) is 18.9. The summed E-state index contributed by atoms with van der Waals surface area (Å²) in [5, 5.41) is 3.66. The summed E-state index contributed by atoms with van der Waals surface area (Å²) in [7, 11) is 4.44. The Morgan fingerprint density at radius 2 is 1.70 bits per heavy atom. The minimum absolute atomic E-state index is 0.472. The van der Waals surface area contributed by atoms with Crippen molar-refractivity contribution in [2.24, 2.45) is 5.41 Å². The maximum atomic E-state index is 3.66. The average molecular weight is 284 g/mol. The van der Waals surface area contributed by atoms with E-state index in [1.807, 2.05) is 0 Å². The highest BCUT2D eigenvalue weighted by Gasteiger charge is 2.30. The van der Waals surface area contributed by atoms with E-state index < -0.39 is 0 Å². The lowest BCUT2D eigenvalue weighted by molar-refractivity contribution is 0.0872. The molecule has 0 aromatic heterocycles. The maximum Gasteiger partial charge on any atom is 0.0113 e. The number of nitrogens with one attached hydrogen (secondary N) is 1. The van der Waals surface area contributed by atoms with Crippen LogP contribution in [0.5, 0.6) is 0 Å². The van der Waals surface area contributed by atoms with Gasteiger partial charge in [0.25, 0.3) is 0 Å². The molecule has 1 aliphatic rings. The lowest BCUT2D eigenvalue weighted by Gasteiger charge is -2.41. The van der Waals surface area contributed by atoms with Crippen LogP contribution < -0.4 is 5.32 Å². The molecule has 1 fully saturated rings. The van der Waals surface area contributed by atoms with Gasteiger partial charge in [0.2, 0.25) is 0 Å². The van der Waals surface area contributed by atoms with Crippen molar-refractivity contribution in [2.75, 3.05) is 46.8 Å². The molecule has 0 spiro atoms. The second-order valence-electron chi connectivity index (χ2n) is 6.85. The maximum absolute atomic E-state index is 3.66. The molecule has 0 bridgehead atoms. The molecule has 0 aromatic carbocycles. The molecule has 0 amide bonds. The molecule has 0 radical (unpaired) electrons. The third kappa shape index (κ3) is 5.34. The lowest BCUT2D eigenvalue weighted by Crippen LogP contribution is -2.48. The molecule has 1 saturated heterocycles. The van der Waals surface area contributed by atoms with Gasteiger partial charge in [0.05, 0.1) is 0 Å². The van der Waals surface area contributed by atoms with Crippen molar-refractivity contribution in [3.05, 3.63) is 0 Å². The minimum atomic E-state index is 0.472. The van der Waals surface area contributed by atoms with Gasteiger partial charge in [-0.05, 0) is 71.2 Å². The van der Waals surface area contributed by atoms with Gasteiger partial charge in [-0.3, -0.25) is 0 Å². The predicted octanol–water partition coefficient (Wildman–Crippen LogP) is 2.82. The van der Waals surface area contributed by atoms with Crippen LogP contribution in [-0.2, 0) is 0 Å². The van der Waals surface area contributed by atoms with Crippen molar-refractivity contribution in [1.82, 2.24) is 15.1 Å².